The van der Waals surface area contributed by atoms with Gasteiger partial charge in [-0.05, 0) is 40.2 Å². The van der Waals surface area contributed by atoms with Crippen molar-refractivity contribution in [2.24, 2.45) is 7.05 Å². The fourth-order valence-electron chi connectivity index (χ4n) is 1.57. The fourth-order valence-corrected chi connectivity index (χ4v) is 1.95. The lowest BCUT2D eigenvalue weighted by molar-refractivity contribution is 0.0891. The van der Waals surface area contributed by atoms with Gasteiger partial charge >= 0.3 is 0 Å². The summed E-state index contributed by atoms with van der Waals surface area (Å²) in [5.41, 5.74) is 0.537. The van der Waals surface area contributed by atoms with Gasteiger partial charge in [-0.3, -0.25) is 14.3 Å². The Bertz CT molecular complexity index is 652. The zero-order valence-corrected chi connectivity index (χ0v) is 11.6. The number of aryl methyl sites for hydroxylation is 1. The van der Waals surface area contributed by atoms with E-state index < -0.39 is 5.82 Å². The van der Waals surface area contributed by atoms with Crippen molar-refractivity contribution in [3.8, 4) is 0 Å². The summed E-state index contributed by atoms with van der Waals surface area (Å²) in [6, 6.07) is 5.45. The Labute approximate surface area is 117 Å². The Kier molecular flexibility index (Phi) is 3.90. The first-order valence-electron chi connectivity index (χ1n) is 5.48. The van der Waals surface area contributed by atoms with Crippen molar-refractivity contribution in [2.45, 2.75) is 6.42 Å². The number of ketones is 2. The van der Waals surface area contributed by atoms with Crippen LogP contribution >= 0.6 is 15.9 Å². The summed E-state index contributed by atoms with van der Waals surface area (Å²) in [5, 5.41) is 3.93. The predicted octanol–water partition coefficient (Wildman–Crippen LogP) is 2.78. The summed E-state index contributed by atoms with van der Waals surface area (Å²) >= 11 is 3.00. The SMILES string of the molecule is Cn1ccc(C(=O)CC(=O)c2ccc(F)c(Br)c2)n1. The van der Waals surface area contributed by atoms with Crippen molar-refractivity contribution in [2.75, 3.05) is 0 Å². The van der Waals surface area contributed by atoms with Crippen molar-refractivity contribution in [3.05, 3.63) is 52.0 Å². The Hall–Kier alpha value is -1.82. The Morgan fingerprint density at radius 1 is 1.32 bits per heavy atom. The molecule has 1 heterocycles. The molecule has 0 saturated carbocycles. The number of benzene rings is 1. The number of aromatic nitrogens is 2. The third kappa shape index (κ3) is 3.14. The van der Waals surface area contributed by atoms with Crippen molar-refractivity contribution in [1.82, 2.24) is 9.78 Å². The number of hydrogen-bond acceptors (Lipinski definition) is 3. The number of Topliss-reactive ketones (excluding diaryl/α,β-unsaturated/α-hetero) is 2. The minimum atomic E-state index is -0.451. The topological polar surface area (TPSA) is 52.0 Å². The van der Waals surface area contributed by atoms with E-state index in [9.17, 15) is 14.0 Å². The molecule has 2 aromatic rings. The first kappa shape index (κ1) is 13.6. The van der Waals surface area contributed by atoms with Gasteiger partial charge in [0.2, 0.25) is 0 Å². The molecule has 0 amide bonds. The molecule has 0 unspecified atom stereocenters. The standard InChI is InChI=1S/C13H10BrFN2O2/c1-17-5-4-11(16-17)13(19)7-12(18)8-2-3-10(15)9(14)6-8/h2-6H,7H2,1H3. The summed E-state index contributed by atoms with van der Waals surface area (Å²) in [5.74, 6) is -1.17. The second kappa shape index (κ2) is 5.44. The zero-order valence-electron chi connectivity index (χ0n) is 10.1. The van der Waals surface area contributed by atoms with Crippen molar-refractivity contribution < 1.29 is 14.0 Å². The van der Waals surface area contributed by atoms with Crippen LogP contribution in [0.1, 0.15) is 27.3 Å². The number of carbonyl (C=O) groups is 2. The molecule has 0 saturated heterocycles. The highest BCUT2D eigenvalue weighted by Gasteiger charge is 2.16. The summed E-state index contributed by atoms with van der Waals surface area (Å²) in [4.78, 5) is 23.7. The van der Waals surface area contributed by atoms with Gasteiger partial charge in [-0.15, -0.1) is 0 Å². The van der Waals surface area contributed by atoms with Gasteiger partial charge in [0, 0.05) is 18.8 Å². The molecule has 0 radical (unpaired) electrons. The van der Waals surface area contributed by atoms with Crippen LogP contribution in [0.25, 0.3) is 0 Å². The Morgan fingerprint density at radius 3 is 2.63 bits per heavy atom. The average molecular weight is 325 g/mol. The van der Waals surface area contributed by atoms with Crippen LogP contribution in [0.2, 0.25) is 0 Å². The third-order valence-electron chi connectivity index (χ3n) is 2.56. The largest absolute Gasteiger partial charge is 0.294 e. The molecule has 0 spiro atoms. The molecule has 0 aliphatic heterocycles. The van der Waals surface area contributed by atoms with Gasteiger partial charge in [0.15, 0.2) is 11.6 Å². The van der Waals surface area contributed by atoms with E-state index in [2.05, 4.69) is 21.0 Å². The molecule has 2 rings (SSSR count). The van der Waals surface area contributed by atoms with Crippen LogP contribution in [0.4, 0.5) is 4.39 Å². The number of hydrogen-bond donors (Lipinski definition) is 0. The Balaban J connectivity index is 2.12. The highest BCUT2D eigenvalue weighted by atomic mass is 79.9. The van der Waals surface area contributed by atoms with Crippen LogP contribution in [0.3, 0.4) is 0 Å². The van der Waals surface area contributed by atoms with E-state index in [0.29, 0.717) is 0 Å². The quantitative estimate of drug-likeness (QED) is 0.642. The maximum absolute atomic E-state index is 13.1. The minimum absolute atomic E-state index is 0.198. The highest BCUT2D eigenvalue weighted by Crippen LogP contribution is 2.18. The molecule has 0 atom stereocenters. The van der Waals surface area contributed by atoms with E-state index in [1.165, 1.54) is 22.9 Å². The van der Waals surface area contributed by atoms with Gasteiger partial charge in [0.1, 0.15) is 11.5 Å². The van der Waals surface area contributed by atoms with E-state index in [1.54, 1.807) is 19.3 Å². The summed E-state index contributed by atoms with van der Waals surface area (Å²) in [7, 11) is 1.69. The normalized spacial score (nSPS) is 10.5. The number of halogens is 2. The van der Waals surface area contributed by atoms with Gasteiger partial charge in [-0.1, -0.05) is 0 Å². The predicted molar refractivity (Wildman–Crippen MR) is 70.6 cm³/mol. The summed E-state index contributed by atoms with van der Waals surface area (Å²) < 4.78 is 14.7. The van der Waals surface area contributed by atoms with E-state index in [4.69, 9.17) is 0 Å². The molecule has 0 bridgehead atoms. The van der Waals surface area contributed by atoms with E-state index in [-0.39, 0.29) is 33.7 Å². The lowest BCUT2D eigenvalue weighted by Gasteiger charge is -2.01. The summed E-state index contributed by atoms with van der Waals surface area (Å²) in [6.45, 7) is 0. The first-order chi connectivity index (χ1) is 8.97. The van der Waals surface area contributed by atoms with Crippen LogP contribution in [-0.4, -0.2) is 21.3 Å². The molecule has 6 heteroatoms. The van der Waals surface area contributed by atoms with Crippen LogP contribution < -0.4 is 0 Å². The average Bonchev–Trinajstić information content (AvgIpc) is 2.79. The second-order valence-corrected chi connectivity index (χ2v) is 4.88. The highest BCUT2D eigenvalue weighted by molar-refractivity contribution is 9.10. The molecule has 1 aromatic heterocycles. The van der Waals surface area contributed by atoms with Crippen molar-refractivity contribution in [3.63, 3.8) is 0 Å². The number of nitrogens with zero attached hydrogens (tertiary/aromatic N) is 2. The number of rotatable bonds is 4. The third-order valence-corrected chi connectivity index (χ3v) is 3.17. The monoisotopic (exact) mass is 324 g/mol. The fraction of sp³-hybridized carbons (Fsp3) is 0.154. The lowest BCUT2D eigenvalue weighted by atomic mass is 10.0. The molecule has 0 aliphatic rings. The molecule has 0 N–H and O–H groups in total. The number of carbonyl (C=O) groups excluding carboxylic acids is 2. The van der Waals surface area contributed by atoms with E-state index in [1.807, 2.05) is 0 Å². The van der Waals surface area contributed by atoms with Crippen LogP contribution in [-0.2, 0) is 7.05 Å². The molecule has 1 aromatic carbocycles. The maximum atomic E-state index is 13.1. The molecule has 0 fully saturated rings. The summed E-state index contributed by atoms with van der Waals surface area (Å²) in [6.07, 6.45) is 1.35. The molecule has 4 nitrogen and oxygen atoms in total. The molecule has 0 aliphatic carbocycles. The molecule has 19 heavy (non-hydrogen) atoms. The molecular formula is C13H10BrFN2O2. The van der Waals surface area contributed by atoms with Gasteiger partial charge in [-0.25, -0.2) is 4.39 Å². The van der Waals surface area contributed by atoms with Gasteiger partial charge in [-0.2, -0.15) is 5.10 Å². The smallest absolute Gasteiger partial charge is 0.190 e. The van der Waals surface area contributed by atoms with Crippen LogP contribution in [0, 0.1) is 5.82 Å². The van der Waals surface area contributed by atoms with Crippen LogP contribution in [0.5, 0.6) is 0 Å². The van der Waals surface area contributed by atoms with Crippen molar-refractivity contribution >= 4 is 27.5 Å². The maximum Gasteiger partial charge on any atom is 0.190 e. The van der Waals surface area contributed by atoms with E-state index in [0.717, 1.165) is 0 Å². The zero-order chi connectivity index (χ0) is 14.0. The van der Waals surface area contributed by atoms with E-state index >= 15 is 0 Å². The van der Waals surface area contributed by atoms with Gasteiger partial charge < -0.3 is 0 Å². The van der Waals surface area contributed by atoms with Crippen molar-refractivity contribution in [1.29, 1.82) is 0 Å². The van der Waals surface area contributed by atoms with Gasteiger partial charge in [0.25, 0.3) is 0 Å². The van der Waals surface area contributed by atoms with Gasteiger partial charge in [0.05, 0.1) is 10.9 Å². The minimum Gasteiger partial charge on any atom is -0.294 e. The molecule has 98 valence electrons. The second-order valence-electron chi connectivity index (χ2n) is 4.03. The first-order valence-corrected chi connectivity index (χ1v) is 6.28. The van der Waals surface area contributed by atoms with Crippen LogP contribution in [0.15, 0.2) is 34.9 Å². The Morgan fingerprint density at radius 2 is 2.05 bits per heavy atom. The lowest BCUT2D eigenvalue weighted by Crippen LogP contribution is -2.09. The molecular weight excluding hydrogens is 315 g/mol.